The Kier molecular flexibility index (Phi) is 3.28. The number of thiazole rings is 1. The van der Waals surface area contributed by atoms with Crippen LogP contribution in [-0.4, -0.2) is 40.5 Å². The van der Waals surface area contributed by atoms with Crippen molar-refractivity contribution in [2.24, 2.45) is 5.41 Å². The maximum atomic E-state index is 4.72. The lowest BCUT2D eigenvalue weighted by Gasteiger charge is -2.45. The Balaban J connectivity index is 1.46. The van der Waals surface area contributed by atoms with Gasteiger partial charge in [-0.2, -0.15) is 0 Å². The highest BCUT2D eigenvalue weighted by atomic mass is 32.1. The zero-order valence-corrected chi connectivity index (χ0v) is 12.7. The van der Waals surface area contributed by atoms with Crippen LogP contribution in [0.4, 0.5) is 0 Å². The van der Waals surface area contributed by atoms with E-state index in [1.807, 2.05) is 0 Å². The Morgan fingerprint density at radius 1 is 1.35 bits per heavy atom. The third kappa shape index (κ3) is 2.38. The van der Waals surface area contributed by atoms with Gasteiger partial charge in [-0.1, -0.05) is 0 Å². The number of aromatic nitrogens is 2. The standard InChI is InChI=1S/C15H22N4S/c1-3-15(11-16-5-1)4-2-6-18(12-15)9-13-10-19-7-8-20-14(19)17-13/h7-8,10,16H,1-6,9,11-12H2. The number of nitrogens with one attached hydrogen (secondary N) is 1. The number of hydrogen-bond acceptors (Lipinski definition) is 4. The summed E-state index contributed by atoms with van der Waals surface area (Å²) in [4.78, 5) is 8.46. The molecule has 1 spiro atoms. The summed E-state index contributed by atoms with van der Waals surface area (Å²) >= 11 is 1.72. The van der Waals surface area contributed by atoms with Gasteiger partial charge < -0.3 is 5.32 Å². The number of likely N-dealkylation sites (tertiary alicyclic amines) is 1. The van der Waals surface area contributed by atoms with Gasteiger partial charge in [-0.3, -0.25) is 9.30 Å². The quantitative estimate of drug-likeness (QED) is 0.921. The first-order valence-corrected chi connectivity index (χ1v) is 8.55. The van der Waals surface area contributed by atoms with E-state index in [2.05, 4.69) is 32.4 Å². The molecule has 2 saturated heterocycles. The van der Waals surface area contributed by atoms with E-state index in [1.54, 1.807) is 11.3 Å². The van der Waals surface area contributed by atoms with Crippen LogP contribution in [0.5, 0.6) is 0 Å². The molecule has 20 heavy (non-hydrogen) atoms. The maximum absolute atomic E-state index is 4.72. The Labute approximate surface area is 123 Å². The first-order valence-electron chi connectivity index (χ1n) is 7.67. The van der Waals surface area contributed by atoms with Gasteiger partial charge in [-0.25, -0.2) is 4.98 Å². The Morgan fingerprint density at radius 2 is 2.30 bits per heavy atom. The van der Waals surface area contributed by atoms with E-state index < -0.39 is 0 Å². The van der Waals surface area contributed by atoms with Gasteiger partial charge >= 0.3 is 0 Å². The van der Waals surface area contributed by atoms with E-state index in [4.69, 9.17) is 4.98 Å². The molecule has 2 aromatic heterocycles. The van der Waals surface area contributed by atoms with Gasteiger partial charge in [0.1, 0.15) is 0 Å². The monoisotopic (exact) mass is 290 g/mol. The van der Waals surface area contributed by atoms with Crippen LogP contribution in [-0.2, 0) is 6.54 Å². The molecule has 1 N–H and O–H groups in total. The largest absolute Gasteiger partial charge is 0.316 e. The van der Waals surface area contributed by atoms with Crippen LogP contribution in [0.15, 0.2) is 17.8 Å². The smallest absolute Gasteiger partial charge is 0.193 e. The van der Waals surface area contributed by atoms with Crippen molar-refractivity contribution in [1.29, 1.82) is 0 Å². The van der Waals surface area contributed by atoms with Gasteiger partial charge in [0.15, 0.2) is 4.96 Å². The first-order chi connectivity index (χ1) is 9.83. The molecule has 1 atom stereocenters. The normalized spacial score (nSPS) is 28.4. The molecule has 0 aliphatic carbocycles. The second-order valence-electron chi connectivity index (χ2n) is 6.42. The Bertz CT molecular complexity index is 547. The highest BCUT2D eigenvalue weighted by molar-refractivity contribution is 7.15. The van der Waals surface area contributed by atoms with Crippen molar-refractivity contribution in [3.63, 3.8) is 0 Å². The highest BCUT2D eigenvalue weighted by Gasteiger charge is 2.36. The molecule has 1 unspecified atom stereocenters. The zero-order chi connectivity index (χ0) is 13.4. The molecule has 2 aliphatic rings. The third-order valence-electron chi connectivity index (χ3n) is 4.83. The summed E-state index contributed by atoms with van der Waals surface area (Å²) in [7, 11) is 0. The molecule has 0 bridgehead atoms. The van der Waals surface area contributed by atoms with E-state index in [0.717, 1.165) is 11.5 Å². The number of nitrogens with zero attached hydrogens (tertiary/aromatic N) is 3. The molecule has 0 amide bonds. The van der Waals surface area contributed by atoms with Crippen molar-refractivity contribution >= 4 is 16.3 Å². The van der Waals surface area contributed by atoms with Crippen molar-refractivity contribution in [1.82, 2.24) is 19.6 Å². The van der Waals surface area contributed by atoms with E-state index >= 15 is 0 Å². The fraction of sp³-hybridized carbons (Fsp3) is 0.667. The summed E-state index contributed by atoms with van der Waals surface area (Å²) in [6.45, 7) is 5.90. The summed E-state index contributed by atoms with van der Waals surface area (Å²) in [5, 5.41) is 5.70. The molecule has 0 radical (unpaired) electrons. The van der Waals surface area contributed by atoms with Gasteiger partial charge in [0, 0.05) is 37.4 Å². The fourth-order valence-corrected chi connectivity index (χ4v) is 4.62. The molecule has 4 nitrogen and oxygen atoms in total. The molecule has 5 heteroatoms. The minimum absolute atomic E-state index is 0.535. The van der Waals surface area contributed by atoms with E-state index in [0.29, 0.717) is 5.41 Å². The van der Waals surface area contributed by atoms with E-state index in [9.17, 15) is 0 Å². The topological polar surface area (TPSA) is 32.6 Å². The lowest BCUT2D eigenvalue weighted by Crippen LogP contribution is -2.50. The summed E-state index contributed by atoms with van der Waals surface area (Å²) in [5.74, 6) is 0. The summed E-state index contributed by atoms with van der Waals surface area (Å²) < 4.78 is 2.14. The molecule has 2 fully saturated rings. The van der Waals surface area contributed by atoms with E-state index in [-0.39, 0.29) is 0 Å². The lowest BCUT2D eigenvalue weighted by molar-refractivity contribution is 0.0594. The van der Waals surface area contributed by atoms with E-state index in [1.165, 1.54) is 57.6 Å². The summed E-state index contributed by atoms with van der Waals surface area (Å²) in [6, 6.07) is 0. The fourth-order valence-electron chi connectivity index (χ4n) is 3.91. The SMILES string of the molecule is c1cn2cc(CN3CCCC4(CCCNC4)C3)nc2s1. The molecule has 2 aromatic rings. The van der Waals surface area contributed by atoms with Crippen LogP contribution in [0.1, 0.15) is 31.4 Å². The van der Waals surface area contributed by atoms with Crippen molar-refractivity contribution in [2.75, 3.05) is 26.2 Å². The number of fused-ring (bicyclic) bond motifs is 1. The number of hydrogen-bond donors (Lipinski definition) is 1. The second kappa shape index (κ2) is 5.13. The van der Waals surface area contributed by atoms with Crippen LogP contribution in [0.2, 0.25) is 0 Å². The number of imidazole rings is 1. The molecule has 108 valence electrons. The average Bonchev–Trinajstić information content (AvgIpc) is 3.00. The third-order valence-corrected chi connectivity index (χ3v) is 5.60. The lowest BCUT2D eigenvalue weighted by atomic mass is 9.74. The van der Waals surface area contributed by atoms with Gasteiger partial charge in [-0.05, 0) is 44.2 Å². The van der Waals surface area contributed by atoms with Gasteiger partial charge in [0.25, 0.3) is 0 Å². The average molecular weight is 290 g/mol. The Hall–Kier alpha value is -0.910. The molecule has 0 saturated carbocycles. The van der Waals surface area contributed by atoms with Gasteiger partial charge in [0.2, 0.25) is 0 Å². The second-order valence-corrected chi connectivity index (χ2v) is 7.29. The van der Waals surface area contributed by atoms with Crippen molar-refractivity contribution in [3.8, 4) is 0 Å². The maximum Gasteiger partial charge on any atom is 0.193 e. The van der Waals surface area contributed by atoms with Crippen LogP contribution < -0.4 is 5.32 Å². The molecule has 4 heterocycles. The first kappa shape index (κ1) is 12.8. The Morgan fingerprint density at radius 3 is 3.15 bits per heavy atom. The number of piperidine rings is 2. The molecule has 0 aromatic carbocycles. The van der Waals surface area contributed by atoms with Crippen molar-refractivity contribution in [2.45, 2.75) is 32.2 Å². The molecule has 2 aliphatic heterocycles. The predicted octanol–water partition coefficient (Wildman–Crippen LogP) is 2.36. The predicted molar refractivity (Wildman–Crippen MR) is 82.1 cm³/mol. The highest BCUT2D eigenvalue weighted by Crippen LogP contribution is 2.36. The summed E-state index contributed by atoms with van der Waals surface area (Å²) in [5.41, 5.74) is 1.76. The van der Waals surface area contributed by atoms with Gasteiger partial charge in [-0.15, -0.1) is 11.3 Å². The molecular weight excluding hydrogens is 268 g/mol. The van der Waals surface area contributed by atoms with Crippen molar-refractivity contribution < 1.29 is 0 Å². The molecular formula is C15H22N4S. The van der Waals surface area contributed by atoms with Crippen LogP contribution in [0.25, 0.3) is 4.96 Å². The van der Waals surface area contributed by atoms with Crippen LogP contribution in [0, 0.1) is 5.41 Å². The van der Waals surface area contributed by atoms with Crippen LogP contribution in [0.3, 0.4) is 0 Å². The number of rotatable bonds is 2. The summed E-state index contributed by atoms with van der Waals surface area (Å²) in [6.07, 6.45) is 9.76. The minimum Gasteiger partial charge on any atom is -0.316 e. The molecule has 4 rings (SSSR count). The van der Waals surface area contributed by atoms with Crippen LogP contribution >= 0.6 is 11.3 Å². The minimum atomic E-state index is 0.535. The zero-order valence-electron chi connectivity index (χ0n) is 11.8. The van der Waals surface area contributed by atoms with Crippen molar-refractivity contribution in [3.05, 3.63) is 23.5 Å². The van der Waals surface area contributed by atoms with Gasteiger partial charge in [0.05, 0.1) is 5.69 Å².